The molecule has 0 saturated carbocycles. The van der Waals surface area contributed by atoms with Gasteiger partial charge in [-0.25, -0.2) is 4.79 Å². The van der Waals surface area contributed by atoms with Crippen LogP contribution in [-0.2, 0) is 23.9 Å². The van der Waals surface area contributed by atoms with Gasteiger partial charge in [-0.2, -0.15) is 0 Å². The summed E-state index contributed by atoms with van der Waals surface area (Å²) in [5.41, 5.74) is 4.66. The van der Waals surface area contributed by atoms with Gasteiger partial charge in [-0.1, -0.05) is 0 Å². The van der Waals surface area contributed by atoms with Gasteiger partial charge in [0.25, 0.3) is 0 Å². The summed E-state index contributed by atoms with van der Waals surface area (Å²) >= 11 is 0. The number of nitrogens with two attached hydrogens (primary N) is 1. The van der Waals surface area contributed by atoms with Gasteiger partial charge in [0.05, 0.1) is 13.0 Å². The number of primary amides is 1. The zero-order valence-corrected chi connectivity index (χ0v) is 16.6. The van der Waals surface area contributed by atoms with Crippen LogP contribution in [-0.4, -0.2) is 71.1 Å². The van der Waals surface area contributed by atoms with Gasteiger partial charge in [0, 0.05) is 12.6 Å². The maximum absolute atomic E-state index is 13.2. The van der Waals surface area contributed by atoms with Gasteiger partial charge in [-0.05, 0) is 47.0 Å². The van der Waals surface area contributed by atoms with E-state index in [0.717, 1.165) is 0 Å². The molecule has 2 heterocycles. The lowest BCUT2D eigenvalue weighted by Gasteiger charge is -2.33. The van der Waals surface area contributed by atoms with Gasteiger partial charge in [0.15, 0.2) is 0 Å². The number of carbonyl (C=O) groups is 4. The van der Waals surface area contributed by atoms with E-state index < -0.39 is 47.6 Å². The van der Waals surface area contributed by atoms with Gasteiger partial charge in [0.1, 0.15) is 17.7 Å². The van der Waals surface area contributed by atoms with E-state index in [9.17, 15) is 19.2 Å². The number of carbonyl (C=O) groups excluding carboxylic acids is 4. The molecule has 152 valence electrons. The van der Waals surface area contributed by atoms with Gasteiger partial charge in [0.2, 0.25) is 11.8 Å². The lowest BCUT2D eigenvalue weighted by molar-refractivity contribution is -0.146. The number of rotatable bonds is 3. The highest BCUT2D eigenvalue weighted by Gasteiger charge is 2.51. The summed E-state index contributed by atoms with van der Waals surface area (Å²) in [6.07, 6.45) is 0.605. The van der Waals surface area contributed by atoms with E-state index in [0.29, 0.717) is 19.4 Å². The molecule has 0 aromatic heterocycles. The Hall–Kier alpha value is -2.32. The summed E-state index contributed by atoms with van der Waals surface area (Å²) in [6, 6.07) is -2.17. The van der Waals surface area contributed by atoms with Crippen molar-refractivity contribution in [2.75, 3.05) is 13.7 Å². The average Bonchev–Trinajstić information content (AvgIpc) is 3.16. The number of methoxy groups -OCH3 is 1. The zero-order valence-electron chi connectivity index (χ0n) is 16.6. The van der Waals surface area contributed by atoms with Crippen LogP contribution in [0.1, 0.15) is 47.0 Å². The van der Waals surface area contributed by atoms with Gasteiger partial charge in [-0.3, -0.25) is 19.3 Å². The van der Waals surface area contributed by atoms with Crippen LogP contribution in [0.5, 0.6) is 0 Å². The first-order valence-electron chi connectivity index (χ1n) is 9.17. The molecule has 9 heteroatoms. The molecule has 27 heavy (non-hydrogen) atoms. The normalized spacial score (nSPS) is 28.2. The van der Waals surface area contributed by atoms with Crippen molar-refractivity contribution in [2.24, 2.45) is 11.7 Å². The van der Waals surface area contributed by atoms with Crippen molar-refractivity contribution in [2.45, 2.75) is 70.7 Å². The number of likely N-dealkylation sites (tertiary alicyclic amines) is 2. The summed E-state index contributed by atoms with van der Waals surface area (Å²) in [7, 11) is 1.27. The third-order valence-corrected chi connectivity index (χ3v) is 5.09. The Morgan fingerprint density at radius 2 is 1.74 bits per heavy atom. The highest BCUT2D eigenvalue weighted by atomic mass is 16.6. The highest BCUT2D eigenvalue weighted by molar-refractivity contribution is 5.92. The third-order valence-electron chi connectivity index (χ3n) is 5.09. The van der Waals surface area contributed by atoms with E-state index in [4.69, 9.17) is 15.2 Å². The molecule has 2 aliphatic heterocycles. The number of hydrogen-bond donors (Lipinski definition) is 1. The Balaban J connectivity index is 2.31. The van der Waals surface area contributed by atoms with Crippen LogP contribution in [0, 0.1) is 5.92 Å². The maximum atomic E-state index is 13.2. The second-order valence-electron chi connectivity index (χ2n) is 8.10. The molecule has 2 fully saturated rings. The Bertz CT molecular complexity index is 629. The number of hydrogen-bond acceptors (Lipinski definition) is 6. The van der Waals surface area contributed by atoms with Gasteiger partial charge >= 0.3 is 12.1 Å². The highest BCUT2D eigenvalue weighted by Crippen LogP contribution is 2.34. The fourth-order valence-electron chi connectivity index (χ4n) is 3.82. The largest absolute Gasteiger partial charge is 0.469 e. The second-order valence-corrected chi connectivity index (χ2v) is 8.10. The van der Waals surface area contributed by atoms with Crippen LogP contribution >= 0.6 is 0 Å². The first-order valence-corrected chi connectivity index (χ1v) is 9.17. The SMILES string of the molecule is COC(=O)C1C[C@@H](C(=O)N2CCCC2C(N)=O)N(C(=O)OC(C)(C)C)[C@H]1C. The topological polar surface area (TPSA) is 119 Å². The van der Waals surface area contributed by atoms with Crippen molar-refractivity contribution >= 4 is 23.9 Å². The molecule has 2 N–H and O–H groups in total. The molecule has 0 radical (unpaired) electrons. The second kappa shape index (κ2) is 7.74. The predicted octanol–water partition coefficient (Wildman–Crippen LogP) is 0.650. The quantitative estimate of drug-likeness (QED) is 0.715. The van der Waals surface area contributed by atoms with E-state index >= 15 is 0 Å². The van der Waals surface area contributed by atoms with Crippen LogP contribution in [0.2, 0.25) is 0 Å². The van der Waals surface area contributed by atoms with E-state index in [-0.39, 0.29) is 12.3 Å². The summed E-state index contributed by atoms with van der Waals surface area (Å²) in [6.45, 7) is 7.26. The van der Waals surface area contributed by atoms with Crippen LogP contribution in [0.4, 0.5) is 4.79 Å². The molecular formula is C18H29N3O6. The molecule has 0 bridgehead atoms. The standard InChI is InChI=1S/C18H29N3O6/c1-10-11(16(24)26-5)9-13(21(10)17(25)27-18(2,3)4)15(23)20-8-6-7-12(20)14(19)22/h10-13H,6-9H2,1-5H3,(H2,19,22)/t10-,11?,12?,13-/m0/s1. The molecule has 2 saturated heterocycles. The van der Waals surface area contributed by atoms with E-state index in [2.05, 4.69) is 0 Å². The fraction of sp³-hybridized carbons (Fsp3) is 0.778. The van der Waals surface area contributed by atoms with E-state index in [1.54, 1.807) is 27.7 Å². The summed E-state index contributed by atoms with van der Waals surface area (Å²) in [5, 5.41) is 0. The third kappa shape index (κ3) is 4.33. The molecule has 4 atom stereocenters. The Morgan fingerprint density at radius 1 is 1.11 bits per heavy atom. The zero-order chi connectivity index (χ0) is 20.5. The molecule has 2 unspecified atom stereocenters. The van der Waals surface area contributed by atoms with Crippen molar-refractivity contribution in [3.05, 3.63) is 0 Å². The molecule has 0 spiro atoms. The molecule has 2 aliphatic rings. The molecular weight excluding hydrogens is 354 g/mol. The van der Waals surface area contributed by atoms with Crippen LogP contribution in [0.15, 0.2) is 0 Å². The minimum absolute atomic E-state index is 0.119. The first kappa shape index (κ1) is 21.0. The summed E-state index contributed by atoms with van der Waals surface area (Å²) < 4.78 is 10.3. The van der Waals surface area contributed by atoms with Crippen LogP contribution in [0.25, 0.3) is 0 Å². The van der Waals surface area contributed by atoms with E-state index in [1.807, 2.05) is 0 Å². The van der Waals surface area contributed by atoms with E-state index in [1.165, 1.54) is 16.9 Å². The minimum Gasteiger partial charge on any atom is -0.469 e. The van der Waals surface area contributed by atoms with Crippen molar-refractivity contribution in [1.29, 1.82) is 0 Å². The number of nitrogens with zero attached hydrogens (tertiary/aromatic N) is 2. The summed E-state index contributed by atoms with van der Waals surface area (Å²) in [5.74, 6) is -2.09. The van der Waals surface area contributed by atoms with Crippen molar-refractivity contribution in [3.8, 4) is 0 Å². The Labute approximate surface area is 159 Å². The van der Waals surface area contributed by atoms with Crippen molar-refractivity contribution < 1.29 is 28.7 Å². The molecule has 0 aromatic rings. The Morgan fingerprint density at radius 3 is 2.26 bits per heavy atom. The predicted molar refractivity (Wildman–Crippen MR) is 95.4 cm³/mol. The number of amides is 3. The smallest absolute Gasteiger partial charge is 0.411 e. The van der Waals surface area contributed by atoms with Gasteiger partial charge in [-0.15, -0.1) is 0 Å². The minimum atomic E-state index is -0.904. The maximum Gasteiger partial charge on any atom is 0.411 e. The van der Waals surface area contributed by atoms with Crippen LogP contribution in [0.3, 0.4) is 0 Å². The van der Waals surface area contributed by atoms with Crippen LogP contribution < -0.4 is 5.73 Å². The molecule has 2 rings (SSSR count). The average molecular weight is 383 g/mol. The monoisotopic (exact) mass is 383 g/mol. The molecule has 3 amide bonds. The first-order chi connectivity index (χ1) is 12.5. The number of ether oxygens (including phenoxy) is 2. The van der Waals surface area contributed by atoms with Crippen molar-refractivity contribution in [1.82, 2.24) is 9.80 Å². The van der Waals surface area contributed by atoms with Crippen molar-refractivity contribution in [3.63, 3.8) is 0 Å². The Kier molecular flexibility index (Phi) is 6.01. The fourth-order valence-corrected chi connectivity index (χ4v) is 3.82. The molecule has 0 aliphatic carbocycles. The number of esters is 1. The molecule has 9 nitrogen and oxygen atoms in total. The van der Waals surface area contributed by atoms with Gasteiger partial charge < -0.3 is 20.1 Å². The lowest BCUT2D eigenvalue weighted by atomic mass is 10.00. The molecule has 0 aromatic carbocycles. The lowest BCUT2D eigenvalue weighted by Crippen LogP contribution is -2.54. The summed E-state index contributed by atoms with van der Waals surface area (Å²) in [4.78, 5) is 52.4.